The second-order valence-electron chi connectivity index (χ2n) is 5.41. The molecule has 0 amide bonds. The summed E-state index contributed by atoms with van der Waals surface area (Å²) in [5, 5.41) is 0. The summed E-state index contributed by atoms with van der Waals surface area (Å²) in [5.41, 5.74) is 1.04. The van der Waals surface area contributed by atoms with Gasteiger partial charge in [-0.05, 0) is 24.6 Å². The van der Waals surface area contributed by atoms with Crippen molar-refractivity contribution in [1.29, 1.82) is 0 Å². The van der Waals surface area contributed by atoms with Crippen LogP contribution in [-0.2, 0) is 0 Å². The summed E-state index contributed by atoms with van der Waals surface area (Å²) in [4.78, 5) is 25.4. The first-order chi connectivity index (χ1) is 11.2. The molecule has 0 bridgehead atoms. The zero-order valence-electron chi connectivity index (χ0n) is 13.0. The summed E-state index contributed by atoms with van der Waals surface area (Å²) in [7, 11) is 0. The topological polar surface area (TPSA) is 52.6 Å². The van der Waals surface area contributed by atoms with E-state index in [-0.39, 0.29) is 11.6 Å². The molecule has 0 fully saturated rings. The van der Waals surface area contributed by atoms with E-state index in [1.54, 1.807) is 42.5 Å². The summed E-state index contributed by atoms with van der Waals surface area (Å²) in [6.45, 7) is 2.82. The Labute approximate surface area is 135 Å². The largest absolute Gasteiger partial charge is 0.486 e. The van der Waals surface area contributed by atoms with E-state index in [2.05, 4.69) is 0 Å². The fraction of sp³-hybridized carbons (Fsp3) is 0.263. The first-order valence-electron chi connectivity index (χ1n) is 7.74. The smallest absolute Gasteiger partial charge is 0.173 e. The maximum absolute atomic E-state index is 12.8. The number of rotatable bonds is 5. The van der Waals surface area contributed by atoms with Gasteiger partial charge >= 0.3 is 0 Å². The van der Waals surface area contributed by atoms with Gasteiger partial charge < -0.3 is 9.47 Å². The molecule has 1 aliphatic heterocycles. The Balaban J connectivity index is 1.87. The highest BCUT2D eigenvalue weighted by Crippen LogP contribution is 2.32. The van der Waals surface area contributed by atoms with Gasteiger partial charge in [0.05, 0.1) is 5.92 Å². The molecular weight excluding hydrogens is 292 g/mol. The molecule has 1 unspecified atom stereocenters. The Morgan fingerprint density at radius 2 is 1.57 bits per heavy atom. The molecule has 23 heavy (non-hydrogen) atoms. The number of hydrogen-bond acceptors (Lipinski definition) is 4. The molecule has 4 heteroatoms. The van der Waals surface area contributed by atoms with Crippen molar-refractivity contribution in [2.45, 2.75) is 13.3 Å². The number of ether oxygens (including phenoxy) is 2. The number of benzene rings is 2. The summed E-state index contributed by atoms with van der Waals surface area (Å²) in [6.07, 6.45) is 0.459. The number of carbonyl (C=O) groups excluding carboxylic acids is 2. The third-order valence-corrected chi connectivity index (χ3v) is 3.93. The van der Waals surface area contributed by atoms with Crippen LogP contribution >= 0.6 is 0 Å². The molecule has 118 valence electrons. The Bertz CT molecular complexity index is 721. The number of carbonyl (C=O) groups is 2. The van der Waals surface area contributed by atoms with Crippen molar-refractivity contribution in [1.82, 2.24) is 0 Å². The average Bonchev–Trinajstić information content (AvgIpc) is 2.62. The van der Waals surface area contributed by atoms with Gasteiger partial charge in [0.15, 0.2) is 23.1 Å². The minimum absolute atomic E-state index is 0.145. The third-order valence-electron chi connectivity index (χ3n) is 3.93. The van der Waals surface area contributed by atoms with Gasteiger partial charge in [-0.15, -0.1) is 0 Å². The maximum atomic E-state index is 12.8. The number of ketones is 2. The molecule has 0 saturated heterocycles. The number of hydrogen-bond donors (Lipinski definition) is 0. The summed E-state index contributed by atoms with van der Waals surface area (Å²) >= 11 is 0. The van der Waals surface area contributed by atoms with E-state index in [1.165, 1.54) is 0 Å². The molecule has 0 saturated carbocycles. The summed E-state index contributed by atoms with van der Waals surface area (Å²) < 4.78 is 11.0. The van der Waals surface area contributed by atoms with Gasteiger partial charge in [-0.1, -0.05) is 37.3 Å². The van der Waals surface area contributed by atoms with Gasteiger partial charge in [0, 0.05) is 11.1 Å². The Hall–Kier alpha value is -2.62. The van der Waals surface area contributed by atoms with Crippen LogP contribution in [0.3, 0.4) is 0 Å². The SMILES string of the molecule is CCC(C(=O)c1ccccc1)C(=O)c1ccc2c(c1)OCCO2. The lowest BCUT2D eigenvalue weighted by Crippen LogP contribution is -2.24. The number of fused-ring (bicyclic) bond motifs is 1. The molecule has 2 aromatic carbocycles. The average molecular weight is 310 g/mol. The predicted molar refractivity (Wildman–Crippen MR) is 86.3 cm³/mol. The Kier molecular flexibility index (Phi) is 4.42. The van der Waals surface area contributed by atoms with Crippen LogP contribution in [0.1, 0.15) is 34.1 Å². The molecule has 0 radical (unpaired) electrons. The van der Waals surface area contributed by atoms with E-state index in [0.717, 1.165) is 0 Å². The molecule has 2 aromatic rings. The van der Waals surface area contributed by atoms with Crippen molar-refractivity contribution in [2.75, 3.05) is 13.2 Å². The fourth-order valence-corrected chi connectivity index (χ4v) is 2.69. The second-order valence-corrected chi connectivity index (χ2v) is 5.41. The maximum Gasteiger partial charge on any atom is 0.173 e. The zero-order valence-corrected chi connectivity index (χ0v) is 13.0. The molecule has 0 aromatic heterocycles. The van der Waals surface area contributed by atoms with E-state index in [9.17, 15) is 9.59 Å². The van der Waals surface area contributed by atoms with Crippen molar-refractivity contribution < 1.29 is 19.1 Å². The van der Waals surface area contributed by atoms with Crippen LogP contribution in [0.5, 0.6) is 11.5 Å². The van der Waals surface area contributed by atoms with E-state index < -0.39 is 5.92 Å². The zero-order chi connectivity index (χ0) is 16.2. The van der Waals surface area contributed by atoms with E-state index in [4.69, 9.17) is 9.47 Å². The fourth-order valence-electron chi connectivity index (χ4n) is 2.69. The standard InChI is InChI=1S/C19H18O4/c1-2-15(18(20)13-6-4-3-5-7-13)19(21)14-8-9-16-17(12-14)23-11-10-22-16/h3-9,12,15H,2,10-11H2,1H3. The summed E-state index contributed by atoms with van der Waals surface area (Å²) in [6, 6.07) is 14.0. The van der Waals surface area contributed by atoms with Crippen LogP contribution in [0.15, 0.2) is 48.5 Å². The molecule has 1 atom stereocenters. The van der Waals surface area contributed by atoms with Crippen LogP contribution in [0.2, 0.25) is 0 Å². The van der Waals surface area contributed by atoms with Crippen molar-refractivity contribution in [2.24, 2.45) is 5.92 Å². The van der Waals surface area contributed by atoms with Gasteiger partial charge in [0.25, 0.3) is 0 Å². The third kappa shape index (κ3) is 3.11. The van der Waals surface area contributed by atoms with Gasteiger partial charge in [0.2, 0.25) is 0 Å². The van der Waals surface area contributed by atoms with Crippen LogP contribution in [0, 0.1) is 5.92 Å². The molecule has 4 nitrogen and oxygen atoms in total. The van der Waals surface area contributed by atoms with E-state index >= 15 is 0 Å². The lowest BCUT2D eigenvalue weighted by atomic mass is 9.88. The normalized spacial score (nSPS) is 14.1. The molecule has 1 aliphatic rings. The first kappa shape index (κ1) is 15.3. The molecule has 0 N–H and O–H groups in total. The lowest BCUT2D eigenvalue weighted by molar-refractivity contribution is 0.0803. The molecule has 0 aliphatic carbocycles. The summed E-state index contributed by atoms with van der Waals surface area (Å²) in [5.74, 6) is 0.186. The second kappa shape index (κ2) is 6.65. The predicted octanol–water partition coefficient (Wildman–Crippen LogP) is 3.55. The number of Topliss-reactive ketones (excluding diaryl/α,β-unsaturated/α-hetero) is 2. The quantitative estimate of drug-likeness (QED) is 0.626. The molecule has 3 rings (SSSR count). The van der Waals surface area contributed by atoms with Crippen LogP contribution < -0.4 is 9.47 Å². The van der Waals surface area contributed by atoms with Crippen LogP contribution in [0.25, 0.3) is 0 Å². The van der Waals surface area contributed by atoms with Crippen molar-refractivity contribution in [3.05, 3.63) is 59.7 Å². The first-order valence-corrected chi connectivity index (χ1v) is 7.74. The van der Waals surface area contributed by atoms with Gasteiger partial charge in [-0.3, -0.25) is 9.59 Å². The van der Waals surface area contributed by atoms with E-state index in [0.29, 0.717) is 42.3 Å². The van der Waals surface area contributed by atoms with E-state index in [1.807, 2.05) is 13.0 Å². The monoisotopic (exact) mass is 310 g/mol. The van der Waals surface area contributed by atoms with Crippen molar-refractivity contribution in [3.63, 3.8) is 0 Å². The lowest BCUT2D eigenvalue weighted by Gasteiger charge is -2.19. The molecular formula is C19H18O4. The highest BCUT2D eigenvalue weighted by molar-refractivity contribution is 6.16. The van der Waals surface area contributed by atoms with Gasteiger partial charge in [0.1, 0.15) is 13.2 Å². The highest BCUT2D eigenvalue weighted by Gasteiger charge is 2.27. The van der Waals surface area contributed by atoms with Crippen molar-refractivity contribution >= 4 is 11.6 Å². The van der Waals surface area contributed by atoms with Crippen LogP contribution in [-0.4, -0.2) is 24.8 Å². The minimum atomic E-state index is -0.681. The van der Waals surface area contributed by atoms with Gasteiger partial charge in [-0.25, -0.2) is 0 Å². The highest BCUT2D eigenvalue weighted by atomic mass is 16.6. The van der Waals surface area contributed by atoms with Crippen LogP contribution in [0.4, 0.5) is 0 Å². The molecule has 0 spiro atoms. The Morgan fingerprint density at radius 1 is 0.913 bits per heavy atom. The Morgan fingerprint density at radius 3 is 2.26 bits per heavy atom. The minimum Gasteiger partial charge on any atom is -0.486 e. The van der Waals surface area contributed by atoms with Gasteiger partial charge in [-0.2, -0.15) is 0 Å². The van der Waals surface area contributed by atoms with Crippen molar-refractivity contribution in [3.8, 4) is 11.5 Å². The molecule has 1 heterocycles.